The van der Waals surface area contributed by atoms with Crippen molar-refractivity contribution in [2.24, 2.45) is 10.7 Å². The lowest BCUT2D eigenvalue weighted by atomic mass is 9.74. The third kappa shape index (κ3) is 2.86. The normalized spacial score (nSPS) is 30.3. The predicted molar refractivity (Wildman–Crippen MR) is 115 cm³/mol. The molecule has 6 rings (SSSR count). The third-order valence-electron chi connectivity index (χ3n) is 7.52. The Balaban J connectivity index is 1.42. The molecule has 1 spiro atoms. The van der Waals surface area contributed by atoms with Crippen LogP contribution >= 0.6 is 0 Å². The van der Waals surface area contributed by atoms with Gasteiger partial charge >= 0.3 is 0 Å². The number of amidine groups is 1. The van der Waals surface area contributed by atoms with E-state index in [9.17, 15) is 4.39 Å². The van der Waals surface area contributed by atoms with Crippen LogP contribution in [0, 0.1) is 5.82 Å². The molecule has 0 bridgehead atoms. The largest absolute Gasteiger partial charge is 0.463 e. The summed E-state index contributed by atoms with van der Waals surface area (Å²) in [6.45, 7) is 1.48. The van der Waals surface area contributed by atoms with Crippen molar-refractivity contribution in [3.63, 3.8) is 0 Å². The van der Waals surface area contributed by atoms with Crippen molar-refractivity contribution < 1.29 is 9.13 Å². The van der Waals surface area contributed by atoms with E-state index in [0.29, 0.717) is 12.5 Å². The first-order chi connectivity index (χ1) is 14.6. The Labute approximate surface area is 176 Å². The maximum Gasteiger partial charge on any atom is 0.288 e. The number of aliphatic imine (C=N–C) groups is 1. The minimum atomic E-state index is -0.207. The molecule has 4 aliphatic rings. The molecule has 5 heteroatoms. The lowest BCUT2D eigenvalue weighted by molar-refractivity contribution is 0.140. The van der Waals surface area contributed by atoms with Crippen LogP contribution in [0.5, 0.6) is 0 Å². The lowest BCUT2D eigenvalue weighted by Gasteiger charge is -2.40. The lowest BCUT2D eigenvalue weighted by Crippen LogP contribution is -2.51. The van der Waals surface area contributed by atoms with Gasteiger partial charge in [-0.1, -0.05) is 36.8 Å². The van der Waals surface area contributed by atoms with E-state index in [4.69, 9.17) is 15.5 Å². The van der Waals surface area contributed by atoms with Crippen molar-refractivity contribution in [1.29, 1.82) is 0 Å². The van der Waals surface area contributed by atoms with Crippen LogP contribution in [0.4, 0.5) is 4.39 Å². The highest BCUT2D eigenvalue weighted by atomic mass is 19.1. The fraction of sp³-hybridized carbons (Fsp3) is 0.480. The number of hydrogen-bond acceptors (Lipinski definition) is 4. The highest BCUT2D eigenvalue weighted by Gasteiger charge is 2.49. The second-order valence-electron chi connectivity index (χ2n) is 9.52. The topological polar surface area (TPSA) is 50.9 Å². The van der Waals surface area contributed by atoms with Crippen molar-refractivity contribution >= 4 is 6.02 Å². The zero-order chi connectivity index (χ0) is 20.3. The summed E-state index contributed by atoms with van der Waals surface area (Å²) < 4.78 is 19.8. The number of rotatable bonds is 2. The summed E-state index contributed by atoms with van der Waals surface area (Å²) in [6, 6.07) is 14.6. The van der Waals surface area contributed by atoms with Gasteiger partial charge in [0.25, 0.3) is 6.02 Å². The van der Waals surface area contributed by atoms with Gasteiger partial charge in [-0.25, -0.2) is 9.38 Å². The summed E-state index contributed by atoms with van der Waals surface area (Å²) in [5.74, 6) is 0.488. The van der Waals surface area contributed by atoms with Gasteiger partial charge in [-0.3, -0.25) is 0 Å². The summed E-state index contributed by atoms with van der Waals surface area (Å²) in [6.07, 6.45) is 6.70. The molecule has 0 amide bonds. The monoisotopic (exact) mass is 405 g/mol. The number of ether oxygens (including phenoxy) is 1. The smallest absolute Gasteiger partial charge is 0.288 e. The Morgan fingerprint density at radius 2 is 1.83 bits per heavy atom. The quantitative estimate of drug-likeness (QED) is 0.811. The second-order valence-corrected chi connectivity index (χ2v) is 9.52. The van der Waals surface area contributed by atoms with Crippen molar-refractivity contribution in [2.45, 2.75) is 62.1 Å². The minimum absolute atomic E-state index is 0.00275. The van der Waals surface area contributed by atoms with Gasteiger partial charge in [-0.15, -0.1) is 0 Å². The molecule has 2 aromatic rings. The van der Waals surface area contributed by atoms with E-state index in [1.165, 1.54) is 36.0 Å². The molecular weight excluding hydrogens is 377 g/mol. The maximum atomic E-state index is 13.7. The van der Waals surface area contributed by atoms with E-state index in [0.717, 1.165) is 37.4 Å². The highest BCUT2D eigenvalue weighted by molar-refractivity contribution is 5.78. The van der Waals surface area contributed by atoms with Crippen LogP contribution in [0.25, 0.3) is 0 Å². The fourth-order valence-electron chi connectivity index (χ4n) is 5.75. The average molecular weight is 406 g/mol. The molecule has 0 unspecified atom stereocenters. The zero-order valence-electron chi connectivity index (χ0n) is 17.2. The summed E-state index contributed by atoms with van der Waals surface area (Å²) in [4.78, 5) is 7.31. The van der Waals surface area contributed by atoms with Gasteiger partial charge in [-0.05, 0) is 72.4 Å². The second kappa shape index (κ2) is 6.81. The maximum absolute atomic E-state index is 13.7. The van der Waals surface area contributed by atoms with Crippen LogP contribution in [0.15, 0.2) is 47.5 Å². The number of halogens is 1. The van der Waals surface area contributed by atoms with Crippen LogP contribution in [-0.4, -0.2) is 35.7 Å². The van der Waals surface area contributed by atoms with Crippen molar-refractivity contribution in [3.05, 3.63) is 70.5 Å². The summed E-state index contributed by atoms with van der Waals surface area (Å²) in [5.41, 5.74) is 11.3. The van der Waals surface area contributed by atoms with Gasteiger partial charge in [0.2, 0.25) is 0 Å². The Bertz CT molecular complexity index is 992. The van der Waals surface area contributed by atoms with Crippen LogP contribution in [0.2, 0.25) is 0 Å². The van der Waals surface area contributed by atoms with Crippen LogP contribution in [0.1, 0.15) is 66.3 Å². The van der Waals surface area contributed by atoms with Crippen molar-refractivity contribution in [3.8, 4) is 0 Å². The molecule has 0 saturated heterocycles. The minimum Gasteiger partial charge on any atom is -0.463 e. The first-order valence-corrected chi connectivity index (χ1v) is 11.2. The molecule has 2 aliphatic heterocycles. The summed E-state index contributed by atoms with van der Waals surface area (Å²) in [7, 11) is 0. The molecule has 2 saturated carbocycles. The SMILES string of the molecule is N[C@H]1C[C@@]2(COC(N3CCc4c(C5CCC5)cccc4[C@@H]3c3ccc(F)cc3)=N2)C1. The number of nitrogens with two attached hydrogens (primary N) is 1. The average Bonchev–Trinajstić information content (AvgIpc) is 3.12. The highest BCUT2D eigenvalue weighted by Crippen LogP contribution is 2.45. The summed E-state index contributed by atoms with van der Waals surface area (Å²) >= 11 is 0. The van der Waals surface area contributed by atoms with Gasteiger partial charge in [-0.2, -0.15) is 0 Å². The standard InChI is InChI=1S/C25H28FN3O/c26-18-9-7-17(8-10-18)23-22-6-2-5-20(16-3-1-4-16)21(22)11-12-29(23)24-28-25(15-30-24)13-19(27)14-25/h2,5-10,16,19,23H,1,3-4,11-15,27H2/t19-,23-,25-/m0/s1. The van der Waals surface area contributed by atoms with E-state index in [2.05, 4.69) is 23.1 Å². The van der Waals surface area contributed by atoms with Gasteiger partial charge < -0.3 is 15.4 Å². The number of hydrogen-bond donors (Lipinski definition) is 1. The van der Waals surface area contributed by atoms with Crippen LogP contribution in [-0.2, 0) is 11.2 Å². The Kier molecular flexibility index (Phi) is 4.17. The van der Waals surface area contributed by atoms with E-state index in [-0.39, 0.29) is 23.4 Å². The zero-order valence-corrected chi connectivity index (χ0v) is 17.2. The predicted octanol–water partition coefficient (Wildman–Crippen LogP) is 4.29. The van der Waals surface area contributed by atoms with E-state index in [1.807, 2.05) is 12.1 Å². The number of nitrogens with zero attached hydrogens (tertiary/aromatic N) is 2. The fourth-order valence-corrected chi connectivity index (χ4v) is 5.75. The molecular formula is C25H28FN3O. The van der Waals surface area contributed by atoms with Gasteiger partial charge in [0.05, 0.1) is 6.04 Å². The van der Waals surface area contributed by atoms with E-state index >= 15 is 0 Å². The van der Waals surface area contributed by atoms with Crippen LogP contribution < -0.4 is 5.73 Å². The molecule has 2 fully saturated rings. The van der Waals surface area contributed by atoms with Crippen LogP contribution in [0.3, 0.4) is 0 Å². The Morgan fingerprint density at radius 3 is 2.53 bits per heavy atom. The Morgan fingerprint density at radius 1 is 1.07 bits per heavy atom. The van der Waals surface area contributed by atoms with Gasteiger partial charge in [0.15, 0.2) is 0 Å². The molecule has 0 radical (unpaired) electrons. The number of benzene rings is 2. The van der Waals surface area contributed by atoms with E-state index < -0.39 is 0 Å². The molecule has 2 aromatic carbocycles. The van der Waals surface area contributed by atoms with Gasteiger partial charge in [0, 0.05) is 12.6 Å². The molecule has 2 aliphatic carbocycles. The van der Waals surface area contributed by atoms with E-state index in [1.54, 1.807) is 12.1 Å². The van der Waals surface area contributed by atoms with Gasteiger partial charge in [0.1, 0.15) is 18.0 Å². The first-order valence-electron chi connectivity index (χ1n) is 11.2. The third-order valence-corrected chi connectivity index (χ3v) is 7.52. The molecule has 156 valence electrons. The molecule has 1 atom stereocenters. The van der Waals surface area contributed by atoms with Crippen molar-refractivity contribution in [1.82, 2.24) is 4.90 Å². The summed E-state index contributed by atoms with van der Waals surface area (Å²) in [5, 5.41) is 0. The number of fused-ring (bicyclic) bond motifs is 1. The first kappa shape index (κ1) is 18.4. The molecule has 2 N–H and O–H groups in total. The molecule has 2 heterocycles. The Hall–Kier alpha value is -2.40. The van der Waals surface area contributed by atoms with Crippen molar-refractivity contribution in [2.75, 3.05) is 13.2 Å². The molecule has 0 aromatic heterocycles. The molecule has 30 heavy (non-hydrogen) atoms. The molecule has 4 nitrogen and oxygen atoms in total.